The number of carbonyl (C=O) groups is 1. The van der Waals surface area contributed by atoms with Crippen LogP contribution in [0.15, 0.2) is 27.2 Å². The summed E-state index contributed by atoms with van der Waals surface area (Å²) in [5.74, 6) is 0.799. The van der Waals surface area contributed by atoms with E-state index in [4.69, 9.17) is 18.6 Å². The molecule has 2 saturated carbocycles. The molecule has 0 N–H and O–H groups in total. The first kappa shape index (κ1) is 17.6. The van der Waals surface area contributed by atoms with Crippen LogP contribution >= 0.6 is 0 Å². The van der Waals surface area contributed by atoms with Gasteiger partial charge in [0, 0.05) is 19.8 Å². The Morgan fingerprint density at radius 1 is 1.12 bits per heavy atom. The van der Waals surface area contributed by atoms with Crippen LogP contribution in [0.4, 0.5) is 0 Å². The fraction of sp³-hybridized carbons (Fsp3) is 0.571. The molecule has 5 nitrogen and oxygen atoms in total. The highest BCUT2D eigenvalue weighted by Crippen LogP contribution is 2.56. The Morgan fingerprint density at radius 3 is 2.12 bits per heavy atom. The molecule has 4 rings (SSSR count). The van der Waals surface area contributed by atoms with E-state index in [0.29, 0.717) is 17.4 Å². The van der Waals surface area contributed by atoms with Crippen LogP contribution in [0.1, 0.15) is 49.7 Å². The monoisotopic (exact) mass is 358 g/mol. The molecule has 1 saturated heterocycles. The van der Waals surface area contributed by atoms with Crippen LogP contribution in [0, 0.1) is 25.7 Å². The summed E-state index contributed by atoms with van der Waals surface area (Å²) in [7, 11) is 3.05. The number of allylic oxidation sites excluding steroid dienone is 2. The van der Waals surface area contributed by atoms with Gasteiger partial charge in [-0.2, -0.15) is 0 Å². The van der Waals surface area contributed by atoms with Crippen molar-refractivity contribution in [2.24, 2.45) is 11.8 Å². The standard InChI is InChI=1S/C21H26O5/c1-11-10-16(13(3)25-11)12(2)17-19(18(14-6-7-14)15-8-9-15)21(23-4,24-5)26-20(17)22/h10,14-15H,6-9H2,1-5H3/b17-12+. The average molecular weight is 358 g/mol. The Kier molecular flexibility index (Phi) is 4.12. The third-order valence-corrected chi connectivity index (χ3v) is 5.67. The maximum atomic E-state index is 12.9. The number of carbonyl (C=O) groups excluding carboxylic acids is 1. The molecule has 26 heavy (non-hydrogen) atoms. The summed E-state index contributed by atoms with van der Waals surface area (Å²) in [5, 5.41) is 0. The van der Waals surface area contributed by atoms with E-state index in [1.54, 1.807) is 0 Å². The smallest absolute Gasteiger partial charge is 0.359 e. The average Bonchev–Trinajstić information content (AvgIpc) is 3.52. The van der Waals surface area contributed by atoms with Gasteiger partial charge in [-0.3, -0.25) is 0 Å². The highest BCUT2D eigenvalue weighted by molar-refractivity contribution is 6.05. The van der Waals surface area contributed by atoms with Gasteiger partial charge in [-0.25, -0.2) is 4.79 Å². The highest BCUT2D eigenvalue weighted by atomic mass is 16.9. The summed E-state index contributed by atoms with van der Waals surface area (Å²) < 4.78 is 22.6. The first-order valence-electron chi connectivity index (χ1n) is 9.28. The second-order valence-electron chi connectivity index (χ2n) is 7.56. The van der Waals surface area contributed by atoms with E-state index in [2.05, 4.69) is 0 Å². The second-order valence-corrected chi connectivity index (χ2v) is 7.56. The van der Waals surface area contributed by atoms with Crippen molar-refractivity contribution in [2.45, 2.75) is 52.4 Å². The number of ether oxygens (including phenoxy) is 3. The van der Waals surface area contributed by atoms with Crippen LogP contribution < -0.4 is 0 Å². The van der Waals surface area contributed by atoms with Crippen LogP contribution in [0.2, 0.25) is 0 Å². The molecule has 140 valence electrons. The van der Waals surface area contributed by atoms with Gasteiger partial charge in [-0.15, -0.1) is 0 Å². The Labute approximate surface area is 154 Å². The normalized spacial score (nSPS) is 24.0. The molecule has 0 aromatic carbocycles. The van der Waals surface area contributed by atoms with Gasteiger partial charge in [0.1, 0.15) is 11.5 Å². The van der Waals surface area contributed by atoms with Crippen LogP contribution in [0.25, 0.3) is 5.57 Å². The van der Waals surface area contributed by atoms with Gasteiger partial charge in [-0.1, -0.05) is 5.57 Å². The zero-order chi connectivity index (χ0) is 18.6. The molecular formula is C21H26O5. The van der Waals surface area contributed by atoms with Crippen molar-refractivity contribution in [3.8, 4) is 0 Å². The molecule has 5 heteroatoms. The second kappa shape index (κ2) is 6.10. The summed E-state index contributed by atoms with van der Waals surface area (Å²) >= 11 is 0. The van der Waals surface area contributed by atoms with Gasteiger partial charge in [0.15, 0.2) is 0 Å². The van der Waals surface area contributed by atoms with Crippen molar-refractivity contribution < 1.29 is 23.4 Å². The van der Waals surface area contributed by atoms with Crippen molar-refractivity contribution in [1.82, 2.24) is 0 Å². The van der Waals surface area contributed by atoms with E-state index in [1.807, 2.05) is 26.8 Å². The molecule has 0 unspecified atom stereocenters. The highest BCUT2D eigenvalue weighted by Gasteiger charge is 2.56. The fourth-order valence-corrected chi connectivity index (χ4v) is 4.18. The number of rotatable bonds is 5. The molecular weight excluding hydrogens is 332 g/mol. The molecule has 3 aliphatic rings. The third kappa shape index (κ3) is 2.65. The molecule has 0 radical (unpaired) electrons. The van der Waals surface area contributed by atoms with Crippen molar-refractivity contribution >= 4 is 11.5 Å². The molecule has 0 bridgehead atoms. The van der Waals surface area contributed by atoms with E-state index in [-0.39, 0.29) is 0 Å². The zero-order valence-electron chi connectivity index (χ0n) is 16.1. The van der Waals surface area contributed by atoms with Gasteiger partial charge in [0.2, 0.25) is 0 Å². The minimum absolute atomic E-state index is 0.391. The molecule has 1 aliphatic heterocycles. The fourth-order valence-electron chi connectivity index (χ4n) is 4.18. The summed E-state index contributed by atoms with van der Waals surface area (Å²) in [5.41, 5.74) is 4.46. The minimum atomic E-state index is -1.44. The first-order valence-corrected chi connectivity index (χ1v) is 9.28. The number of esters is 1. The van der Waals surface area contributed by atoms with E-state index in [9.17, 15) is 4.79 Å². The van der Waals surface area contributed by atoms with Crippen LogP contribution in [-0.4, -0.2) is 26.2 Å². The van der Waals surface area contributed by atoms with Crippen molar-refractivity contribution in [1.29, 1.82) is 0 Å². The van der Waals surface area contributed by atoms with E-state index in [0.717, 1.165) is 53.9 Å². The molecule has 0 amide bonds. The van der Waals surface area contributed by atoms with Gasteiger partial charge >= 0.3 is 11.9 Å². The number of cyclic esters (lactones) is 1. The molecule has 0 atom stereocenters. The first-order chi connectivity index (χ1) is 12.4. The topological polar surface area (TPSA) is 57.9 Å². The third-order valence-electron chi connectivity index (χ3n) is 5.67. The minimum Gasteiger partial charge on any atom is -0.466 e. The van der Waals surface area contributed by atoms with Crippen molar-refractivity contribution in [3.63, 3.8) is 0 Å². The summed E-state index contributed by atoms with van der Waals surface area (Å²) in [6, 6.07) is 1.97. The van der Waals surface area contributed by atoms with Crippen molar-refractivity contribution in [2.75, 3.05) is 14.2 Å². The Morgan fingerprint density at radius 2 is 1.69 bits per heavy atom. The number of furan rings is 1. The number of hydrogen-bond acceptors (Lipinski definition) is 5. The largest absolute Gasteiger partial charge is 0.466 e. The lowest BCUT2D eigenvalue weighted by molar-refractivity contribution is -0.307. The van der Waals surface area contributed by atoms with Crippen LogP contribution in [-0.2, 0) is 19.0 Å². The number of hydrogen-bond donors (Lipinski definition) is 0. The molecule has 3 fully saturated rings. The SMILES string of the molecule is COC1(OC)OC(=O)/C(=C(\C)c2cc(C)oc2C)C1=C(C1CC1)C1CC1. The van der Waals surface area contributed by atoms with Gasteiger partial charge in [0.05, 0.1) is 11.1 Å². The number of methoxy groups -OCH3 is 2. The van der Waals surface area contributed by atoms with E-state index in [1.165, 1.54) is 19.8 Å². The van der Waals surface area contributed by atoms with E-state index < -0.39 is 11.9 Å². The van der Waals surface area contributed by atoms with Crippen LogP contribution in [0.3, 0.4) is 0 Å². The Balaban J connectivity index is 1.97. The van der Waals surface area contributed by atoms with E-state index >= 15 is 0 Å². The Hall–Kier alpha value is -1.85. The molecule has 0 spiro atoms. The zero-order valence-corrected chi connectivity index (χ0v) is 16.1. The Bertz CT molecular complexity index is 799. The molecule has 1 aromatic rings. The molecule has 1 aromatic heterocycles. The van der Waals surface area contributed by atoms with Gasteiger partial charge in [-0.05, 0) is 69.9 Å². The lowest BCUT2D eigenvalue weighted by Gasteiger charge is -2.27. The molecule has 2 aliphatic carbocycles. The summed E-state index contributed by atoms with van der Waals surface area (Å²) in [4.78, 5) is 12.9. The quantitative estimate of drug-likeness (QED) is 0.446. The van der Waals surface area contributed by atoms with Gasteiger partial charge < -0.3 is 18.6 Å². The van der Waals surface area contributed by atoms with Gasteiger partial charge in [0.25, 0.3) is 0 Å². The molecule has 2 heterocycles. The summed E-state index contributed by atoms with van der Waals surface area (Å²) in [6.45, 7) is 5.78. The van der Waals surface area contributed by atoms with Crippen molar-refractivity contribution in [3.05, 3.63) is 39.9 Å². The predicted octanol–water partition coefficient (Wildman–Crippen LogP) is 4.29. The lowest BCUT2D eigenvalue weighted by atomic mass is 9.89. The maximum Gasteiger partial charge on any atom is 0.359 e. The lowest BCUT2D eigenvalue weighted by Crippen LogP contribution is -2.36. The summed E-state index contributed by atoms with van der Waals surface area (Å²) in [6.07, 6.45) is 4.62. The van der Waals surface area contributed by atoms with Crippen LogP contribution in [0.5, 0.6) is 0 Å². The predicted molar refractivity (Wildman–Crippen MR) is 96.1 cm³/mol. The maximum absolute atomic E-state index is 12.9. The number of aryl methyl sites for hydroxylation is 2.